The van der Waals surface area contributed by atoms with Gasteiger partial charge in [-0.2, -0.15) is 0 Å². The molecule has 4 heteroatoms. The molecule has 0 aliphatic heterocycles. The Kier molecular flexibility index (Phi) is 3.79. The van der Waals surface area contributed by atoms with Gasteiger partial charge in [0.15, 0.2) is 0 Å². The lowest BCUT2D eigenvalue weighted by molar-refractivity contribution is 0.509. The maximum absolute atomic E-state index is 6.14. The second-order valence-corrected chi connectivity index (χ2v) is 4.97. The molecular weight excluding hydrogens is 234 g/mol. The molecule has 1 aromatic carbocycles. The summed E-state index contributed by atoms with van der Waals surface area (Å²) in [6.45, 7) is 5.30. The molecular formula is C13H16ClN3. The fourth-order valence-corrected chi connectivity index (χ4v) is 1.98. The molecule has 0 unspecified atom stereocenters. The molecule has 1 heterocycles. The molecule has 0 N–H and O–H groups in total. The zero-order chi connectivity index (χ0) is 12.3. The minimum Gasteiger partial charge on any atom is -0.317 e. The van der Waals surface area contributed by atoms with Crippen molar-refractivity contribution in [3.63, 3.8) is 0 Å². The molecule has 0 atom stereocenters. The topological polar surface area (TPSA) is 30.7 Å². The van der Waals surface area contributed by atoms with Crippen molar-refractivity contribution in [3.05, 3.63) is 47.0 Å². The van der Waals surface area contributed by atoms with Crippen LogP contribution in [0.25, 0.3) is 0 Å². The van der Waals surface area contributed by atoms with E-state index in [1.54, 1.807) is 6.33 Å². The first-order valence-corrected chi connectivity index (χ1v) is 6.14. The summed E-state index contributed by atoms with van der Waals surface area (Å²) in [4.78, 5) is 0. The smallest absolute Gasteiger partial charge is 0.137 e. The number of benzene rings is 1. The number of aromatic nitrogens is 3. The van der Waals surface area contributed by atoms with Crippen LogP contribution in [0.15, 0.2) is 30.6 Å². The molecule has 1 aromatic heterocycles. The standard InChI is InChI=1S/C13H16ClN3/c1-10(2)8-17-9-15-16-13(17)7-11-5-3-4-6-12(11)14/h3-6,9-10H,7-8H2,1-2H3. The van der Waals surface area contributed by atoms with Crippen molar-refractivity contribution in [1.82, 2.24) is 14.8 Å². The number of halogens is 1. The van der Waals surface area contributed by atoms with Crippen LogP contribution < -0.4 is 0 Å². The Morgan fingerprint density at radius 3 is 2.76 bits per heavy atom. The first-order valence-electron chi connectivity index (χ1n) is 5.77. The molecule has 0 saturated carbocycles. The zero-order valence-corrected chi connectivity index (χ0v) is 10.9. The highest BCUT2D eigenvalue weighted by molar-refractivity contribution is 6.31. The van der Waals surface area contributed by atoms with Crippen LogP contribution in [0, 0.1) is 5.92 Å². The first-order chi connectivity index (χ1) is 8.16. The largest absolute Gasteiger partial charge is 0.317 e. The fourth-order valence-electron chi connectivity index (χ4n) is 1.77. The van der Waals surface area contributed by atoms with Crippen LogP contribution in [-0.4, -0.2) is 14.8 Å². The minimum atomic E-state index is 0.580. The lowest BCUT2D eigenvalue weighted by atomic mass is 10.1. The lowest BCUT2D eigenvalue weighted by Gasteiger charge is -2.09. The Hall–Kier alpha value is -1.35. The van der Waals surface area contributed by atoms with E-state index < -0.39 is 0 Å². The third-order valence-corrected chi connectivity index (χ3v) is 2.93. The van der Waals surface area contributed by atoms with Gasteiger partial charge in [-0.05, 0) is 17.5 Å². The van der Waals surface area contributed by atoms with E-state index in [2.05, 4.69) is 28.6 Å². The molecule has 0 aliphatic carbocycles. The first kappa shape index (κ1) is 12.1. The van der Waals surface area contributed by atoms with Gasteiger partial charge in [0.05, 0.1) is 0 Å². The summed E-state index contributed by atoms with van der Waals surface area (Å²) in [5, 5.41) is 8.91. The summed E-state index contributed by atoms with van der Waals surface area (Å²) in [7, 11) is 0. The molecule has 90 valence electrons. The fraction of sp³-hybridized carbons (Fsp3) is 0.385. The zero-order valence-electron chi connectivity index (χ0n) is 10.1. The van der Waals surface area contributed by atoms with Gasteiger partial charge in [0.25, 0.3) is 0 Å². The van der Waals surface area contributed by atoms with Crippen LogP contribution in [0.1, 0.15) is 25.2 Å². The van der Waals surface area contributed by atoms with Crippen LogP contribution in [-0.2, 0) is 13.0 Å². The maximum Gasteiger partial charge on any atom is 0.137 e. The van der Waals surface area contributed by atoms with Crippen molar-refractivity contribution in [3.8, 4) is 0 Å². The summed E-state index contributed by atoms with van der Waals surface area (Å²) in [5.74, 6) is 1.54. The summed E-state index contributed by atoms with van der Waals surface area (Å²) in [5.41, 5.74) is 1.09. The molecule has 0 amide bonds. The van der Waals surface area contributed by atoms with E-state index in [-0.39, 0.29) is 0 Å². The van der Waals surface area contributed by atoms with Crippen molar-refractivity contribution in [2.75, 3.05) is 0 Å². The highest BCUT2D eigenvalue weighted by atomic mass is 35.5. The summed E-state index contributed by atoms with van der Waals surface area (Å²) < 4.78 is 2.09. The number of rotatable bonds is 4. The van der Waals surface area contributed by atoms with Gasteiger partial charge >= 0.3 is 0 Å². The monoisotopic (exact) mass is 249 g/mol. The molecule has 17 heavy (non-hydrogen) atoms. The van der Waals surface area contributed by atoms with Gasteiger partial charge in [-0.3, -0.25) is 0 Å². The van der Waals surface area contributed by atoms with E-state index in [1.807, 2.05) is 24.3 Å². The van der Waals surface area contributed by atoms with Gasteiger partial charge in [-0.25, -0.2) is 0 Å². The quantitative estimate of drug-likeness (QED) is 0.833. The van der Waals surface area contributed by atoms with Crippen LogP contribution in [0.3, 0.4) is 0 Å². The second kappa shape index (κ2) is 5.32. The number of hydrogen-bond acceptors (Lipinski definition) is 2. The molecule has 0 bridgehead atoms. The van der Waals surface area contributed by atoms with Crippen molar-refractivity contribution in [2.45, 2.75) is 26.8 Å². The maximum atomic E-state index is 6.14. The van der Waals surface area contributed by atoms with Gasteiger partial charge in [-0.15, -0.1) is 10.2 Å². The Morgan fingerprint density at radius 1 is 1.29 bits per heavy atom. The molecule has 0 saturated heterocycles. The average Bonchev–Trinajstić information content (AvgIpc) is 2.68. The van der Waals surface area contributed by atoms with E-state index in [9.17, 15) is 0 Å². The van der Waals surface area contributed by atoms with Crippen LogP contribution in [0.4, 0.5) is 0 Å². The molecule has 0 spiro atoms. The molecule has 2 rings (SSSR count). The number of nitrogens with zero attached hydrogens (tertiary/aromatic N) is 3. The second-order valence-electron chi connectivity index (χ2n) is 4.56. The van der Waals surface area contributed by atoms with Crippen molar-refractivity contribution in [1.29, 1.82) is 0 Å². The van der Waals surface area contributed by atoms with E-state index in [1.165, 1.54) is 0 Å². The minimum absolute atomic E-state index is 0.580. The third kappa shape index (κ3) is 3.07. The Morgan fingerprint density at radius 2 is 2.06 bits per heavy atom. The van der Waals surface area contributed by atoms with Gasteiger partial charge < -0.3 is 4.57 Å². The third-order valence-electron chi connectivity index (χ3n) is 2.56. The van der Waals surface area contributed by atoms with E-state index >= 15 is 0 Å². The predicted octanol–water partition coefficient (Wildman–Crippen LogP) is 3.18. The molecule has 0 fully saturated rings. The van der Waals surface area contributed by atoms with Crippen molar-refractivity contribution in [2.24, 2.45) is 5.92 Å². The molecule has 3 nitrogen and oxygen atoms in total. The normalized spacial score (nSPS) is 11.1. The Labute approximate surface area is 106 Å². The number of hydrogen-bond donors (Lipinski definition) is 0. The van der Waals surface area contributed by atoms with E-state index in [0.717, 1.165) is 29.4 Å². The predicted molar refractivity (Wildman–Crippen MR) is 69.1 cm³/mol. The SMILES string of the molecule is CC(C)Cn1cnnc1Cc1ccccc1Cl. The van der Waals surface area contributed by atoms with Crippen molar-refractivity contribution >= 4 is 11.6 Å². The molecule has 0 radical (unpaired) electrons. The van der Waals surface area contributed by atoms with E-state index in [0.29, 0.717) is 5.92 Å². The van der Waals surface area contributed by atoms with Gasteiger partial charge in [0.2, 0.25) is 0 Å². The Bertz CT molecular complexity index is 491. The average molecular weight is 250 g/mol. The highest BCUT2D eigenvalue weighted by Crippen LogP contribution is 2.18. The van der Waals surface area contributed by atoms with Gasteiger partial charge in [0.1, 0.15) is 12.2 Å². The van der Waals surface area contributed by atoms with Gasteiger partial charge in [-0.1, -0.05) is 43.6 Å². The van der Waals surface area contributed by atoms with Crippen LogP contribution in [0.5, 0.6) is 0 Å². The Balaban J connectivity index is 2.19. The summed E-state index contributed by atoms with van der Waals surface area (Å²) >= 11 is 6.14. The highest BCUT2D eigenvalue weighted by Gasteiger charge is 2.08. The van der Waals surface area contributed by atoms with Crippen LogP contribution in [0.2, 0.25) is 5.02 Å². The summed E-state index contributed by atoms with van der Waals surface area (Å²) in [6, 6.07) is 7.85. The van der Waals surface area contributed by atoms with Crippen LogP contribution >= 0.6 is 11.6 Å². The van der Waals surface area contributed by atoms with Gasteiger partial charge in [0, 0.05) is 18.0 Å². The van der Waals surface area contributed by atoms with E-state index in [4.69, 9.17) is 11.6 Å². The summed E-state index contributed by atoms with van der Waals surface area (Å²) in [6.07, 6.45) is 2.51. The molecule has 0 aliphatic rings. The van der Waals surface area contributed by atoms with Crippen molar-refractivity contribution < 1.29 is 0 Å². The molecule has 2 aromatic rings. The lowest BCUT2D eigenvalue weighted by Crippen LogP contribution is -2.08.